The van der Waals surface area contributed by atoms with E-state index in [0.717, 1.165) is 4.47 Å². The monoisotopic (exact) mass is 493 g/mol. The van der Waals surface area contributed by atoms with E-state index in [1.807, 2.05) is 0 Å². The summed E-state index contributed by atoms with van der Waals surface area (Å²) in [5, 5.41) is 6.02. The van der Waals surface area contributed by atoms with Crippen LogP contribution in [-0.4, -0.2) is 32.1 Å². The summed E-state index contributed by atoms with van der Waals surface area (Å²) < 4.78 is 37.7. The molecule has 0 spiro atoms. The molecule has 0 fully saturated rings. The number of esters is 1. The molecule has 0 radical (unpaired) electrons. The summed E-state index contributed by atoms with van der Waals surface area (Å²) in [5.41, 5.74) is 0.431. The van der Waals surface area contributed by atoms with Gasteiger partial charge in [0.15, 0.2) is 12.4 Å². The molecule has 156 valence electrons. The lowest BCUT2D eigenvalue weighted by molar-refractivity contribution is -0.119. The summed E-state index contributed by atoms with van der Waals surface area (Å²) in [6.45, 7) is 1.16. The van der Waals surface area contributed by atoms with Crippen molar-refractivity contribution >= 4 is 49.3 Å². The van der Waals surface area contributed by atoms with E-state index in [9.17, 15) is 18.0 Å². The third kappa shape index (κ3) is 5.67. The summed E-state index contributed by atoms with van der Waals surface area (Å²) in [6.07, 6.45) is 0. The van der Waals surface area contributed by atoms with Crippen molar-refractivity contribution in [2.24, 2.45) is 0 Å². The third-order valence-electron chi connectivity index (χ3n) is 3.73. The van der Waals surface area contributed by atoms with Crippen molar-refractivity contribution in [1.29, 1.82) is 0 Å². The van der Waals surface area contributed by atoms with Crippen LogP contribution >= 0.6 is 15.9 Å². The quantitative estimate of drug-likeness (QED) is 0.483. The maximum Gasteiger partial charge on any atom is 0.338 e. The Balaban J connectivity index is 1.56. The summed E-state index contributed by atoms with van der Waals surface area (Å²) in [5.74, 6) is -0.562. The number of hydrogen-bond donors (Lipinski definition) is 2. The third-order valence-corrected chi connectivity index (χ3v) is 5.65. The molecule has 0 unspecified atom stereocenters. The minimum Gasteiger partial charge on any atom is -0.452 e. The molecule has 0 saturated carbocycles. The number of nitrogens with one attached hydrogen (secondary N) is 2. The lowest BCUT2D eigenvalue weighted by Gasteiger charge is -2.09. The number of aryl methyl sites for hydroxylation is 1. The van der Waals surface area contributed by atoms with Crippen LogP contribution in [0.1, 0.15) is 16.1 Å². The van der Waals surface area contributed by atoms with Gasteiger partial charge in [0.1, 0.15) is 5.76 Å². The fraction of sp³-hybridized carbons (Fsp3) is 0.105. The van der Waals surface area contributed by atoms with Crippen molar-refractivity contribution in [2.75, 3.05) is 16.6 Å². The van der Waals surface area contributed by atoms with E-state index in [1.54, 1.807) is 19.1 Å². The summed E-state index contributed by atoms with van der Waals surface area (Å²) in [7, 11) is -3.77. The zero-order chi connectivity index (χ0) is 21.7. The number of carbonyl (C=O) groups excluding carboxylic acids is 2. The van der Waals surface area contributed by atoms with Crippen LogP contribution in [-0.2, 0) is 19.6 Å². The van der Waals surface area contributed by atoms with Crippen LogP contribution < -0.4 is 10.0 Å². The molecule has 3 aromatic rings. The number of sulfonamides is 1. The minimum absolute atomic E-state index is 0.0995. The Morgan fingerprint density at radius 2 is 1.77 bits per heavy atom. The number of amides is 1. The van der Waals surface area contributed by atoms with Crippen molar-refractivity contribution in [1.82, 2.24) is 5.16 Å². The average Bonchev–Trinajstić information content (AvgIpc) is 3.11. The number of nitrogens with zero attached hydrogens (tertiary/aromatic N) is 1. The molecule has 0 aliphatic rings. The first-order chi connectivity index (χ1) is 14.2. The number of ether oxygens (including phenoxy) is 1. The Kier molecular flexibility index (Phi) is 6.53. The molecule has 9 nitrogen and oxygen atoms in total. The molecule has 2 N–H and O–H groups in total. The Labute approximate surface area is 180 Å². The van der Waals surface area contributed by atoms with E-state index in [0.29, 0.717) is 5.76 Å². The zero-order valence-electron chi connectivity index (χ0n) is 15.6. The number of rotatable bonds is 7. The number of anilines is 2. The van der Waals surface area contributed by atoms with E-state index >= 15 is 0 Å². The Hall–Kier alpha value is -3.18. The van der Waals surface area contributed by atoms with Crippen molar-refractivity contribution in [3.63, 3.8) is 0 Å². The predicted molar refractivity (Wildman–Crippen MR) is 112 cm³/mol. The van der Waals surface area contributed by atoms with E-state index in [2.05, 4.69) is 31.1 Å². The molecule has 0 aliphatic carbocycles. The first kappa shape index (κ1) is 21.5. The van der Waals surface area contributed by atoms with Gasteiger partial charge >= 0.3 is 5.97 Å². The molecule has 1 heterocycles. The maximum atomic E-state index is 12.4. The smallest absolute Gasteiger partial charge is 0.338 e. The molecule has 0 saturated heterocycles. The van der Waals surface area contributed by atoms with Crippen LogP contribution in [0.5, 0.6) is 0 Å². The van der Waals surface area contributed by atoms with Gasteiger partial charge in [0.2, 0.25) is 0 Å². The van der Waals surface area contributed by atoms with Crippen molar-refractivity contribution in [2.45, 2.75) is 11.8 Å². The zero-order valence-corrected chi connectivity index (χ0v) is 18.0. The molecule has 3 rings (SSSR count). The van der Waals surface area contributed by atoms with Gasteiger partial charge in [-0.25, -0.2) is 13.2 Å². The highest BCUT2D eigenvalue weighted by Gasteiger charge is 2.15. The maximum absolute atomic E-state index is 12.4. The van der Waals surface area contributed by atoms with Crippen LogP contribution in [0.25, 0.3) is 0 Å². The molecule has 30 heavy (non-hydrogen) atoms. The molecule has 11 heteroatoms. The second kappa shape index (κ2) is 9.09. The Morgan fingerprint density at radius 1 is 1.10 bits per heavy atom. The first-order valence-corrected chi connectivity index (χ1v) is 10.8. The van der Waals surface area contributed by atoms with Crippen LogP contribution in [0.3, 0.4) is 0 Å². The van der Waals surface area contributed by atoms with Gasteiger partial charge in [-0.3, -0.25) is 9.52 Å². The molecule has 1 aromatic heterocycles. The average molecular weight is 494 g/mol. The van der Waals surface area contributed by atoms with E-state index in [4.69, 9.17) is 9.26 Å². The highest BCUT2D eigenvalue weighted by molar-refractivity contribution is 9.10. The van der Waals surface area contributed by atoms with Crippen molar-refractivity contribution in [3.05, 3.63) is 70.4 Å². The standard InChI is InChI=1S/C19H16BrN3O6S/c1-12-10-17(22-29-12)21-18(24)11-28-19(25)13-2-6-15(7-3-13)23-30(26,27)16-8-4-14(20)5-9-16/h2-10,23H,11H2,1H3,(H,21,22,24). The van der Waals surface area contributed by atoms with E-state index < -0.39 is 28.5 Å². The Morgan fingerprint density at radius 3 is 2.37 bits per heavy atom. The lowest BCUT2D eigenvalue weighted by atomic mass is 10.2. The lowest BCUT2D eigenvalue weighted by Crippen LogP contribution is -2.21. The van der Waals surface area contributed by atoms with Gasteiger partial charge in [0, 0.05) is 16.2 Å². The van der Waals surface area contributed by atoms with Crippen LogP contribution in [0, 0.1) is 6.92 Å². The molecule has 0 aliphatic heterocycles. The summed E-state index contributed by atoms with van der Waals surface area (Å²) in [6, 6.07) is 13.3. The molecular weight excluding hydrogens is 478 g/mol. The SMILES string of the molecule is Cc1cc(NC(=O)COC(=O)c2ccc(NS(=O)(=O)c3ccc(Br)cc3)cc2)no1. The number of halogens is 1. The molecular formula is C19H16BrN3O6S. The highest BCUT2D eigenvalue weighted by Crippen LogP contribution is 2.19. The molecule has 2 aromatic carbocycles. The highest BCUT2D eigenvalue weighted by atomic mass is 79.9. The van der Waals surface area contributed by atoms with Crippen LogP contribution in [0.4, 0.5) is 11.5 Å². The van der Waals surface area contributed by atoms with Crippen LogP contribution in [0.15, 0.2) is 68.5 Å². The summed E-state index contributed by atoms with van der Waals surface area (Å²) >= 11 is 3.25. The topological polar surface area (TPSA) is 128 Å². The van der Waals surface area contributed by atoms with Gasteiger partial charge in [-0.1, -0.05) is 21.1 Å². The second-order valence-electron chi connectivity index (χ2n) is 6.08. The van der Waals surface area contributed by atoms with Gasteiger partial charge in [-0.2, -0.15) is 0 Å². The second-order valence-corrected chi connectivity index (χ2v) is 8.68. The van der Waals surface area contributed by atoms with Gasteiger partial charge in [0.25, 0.3) is 15.9 Å². The van der Waals surface area contributed by atoms with Gasteiger partial charge in [-0.05, 0) is 55.5 Å². The van der Waals surface area contributed by atoms with Crippen molar-refractivity contribution in [3.8, 4) is 0 Å². The van der Waals surface area contributed by atoms with Gasteiger partial charge in [0.05, 0.1) is 10.5 Å². The van der Waals surface area contributed by atoms with Crippen molar-refractivity contribution < 1.29 is 27.3 Å². The van der Waals surface area contributed by atoms with E-state index in [-0.39, 0.29) is 22.0 Å². The fourth-order valence-electron chi connectivity index (χ4n) is 2.32. The first-order valence-electron chi connectivity index (χ1n) is 8.52. The summed E-state index contributed by atoms with van der Waals surface area (Å²) in [4.78, 5) is 24.0. The normalized spacial score (nSPS) is 11.0. The van der Waals surface area contributed by atoms with Gasteiger partial charge in [-0.15, -0.1) is 0 Å². The van der Waals surface area contributed by atoms with Crippen LogP contribution in [0.2, 0.25) is 0 Å². The predicted octanol–water partition coefficient (Wildman–Crippen LogP) is 3.34. The molecule has 0 bridgehead atoms. The largest absolute Gasteiger partial charge is 0.452 e. The molecule has 0 atom stereocenters. The Bertz CT molecular complexity index is 1160. The van der Waals surface area contributed by atoms with E-state index in [1.165, 1.54) is 42.5 Å². The molecule has 1 amide bonds. The number of hydrogen-bond acceptors (Lipinski definition) is 7. The number of aromatic nitrogens is 1. The minimum atomic E-state index is -3.77. The number of benzene rings is 2. The fourth-order valence-corrected chi connectivity index (χ4v) is 3.64. The number of carbonyl (C=O) groups is 2. The van der Waals surface area contributed by atoms with Gasteiger partial charge < -0.3 is 14.6 Å².